The number of fused-ring (bicyclic) bond motifs is 1. The zero-order valence-electron chi connectivity index (χ0n) is 11.0. The topological polar surface area (TPSA) is 67.4 Å². The Hall–Kier alpha value is -2.95. The third-order valence-electron chi connectivity index (χ3n) is 3.45. The van der Waals surface area contributed by atoms with E-state index in [0.717, 1.165) is 11.1 Å². The van der Waals surface area contributed by atoms with E-state index in [1.54, 1.807) is 0 Å². The van der Waals surface area contributed by atoms with Crippen LogP contribution in [0.25, 0.3) is 22.5 Å². The van der Waals surface area contributed by atoms with Crippen molar-refractivity contribution in [2.45, 2.75) is 0 Å². The van der Waals surface area contributed by atoms with Gasteiger partial charge in [-0.25, -0.2) is 0 Å². The molecule has 5 heteroatoms. The molecule has 0 fully saturated rings. The fraction of sp³-hybridized carbons (Fsp3) is 0.0625. The van der Waals surface area contributed by atoms with Crippen molar-refractivity contribution in [1.82, 2.24) is 10.2 Å². The average molecular weight is 280 g/mol. The molecule has 3 aromatic rings. The van der Waals surface area contributed by atoms with Gasteiger partial charge in [0.15, 0.2) is 17.2 Å². The molecule has 1 aliphatic heterocycles. The molecule has 2 N–H and O–H groups in total. The first-order valence-corrected chi connectivity index (χ1v) is 6.56. The van der Waals surface area contributed by atoms with E-state index in [4.69, 9.17) is 9.47 Å². The molecule has 0 radical (unpaired) electrons. The molecule has 0 spiro atoms. The number of aromatic amines is 1. The number of hydrogen-bond acceptors (Lipinski definition) is 4. The molecule has 0 unspecified atom stereocenters. The third kappa shape index (κ3) is 1.90. The normalized spacial score (nSPS) is 12.6. The largest absolute Gasteiger partial charge is 0.504 e. The minimum Gasteiger partial charge on any atom is -0.504 e. The SMILES string of the molecule is Oc1c(-c2ccc3c(c2)OCO3)n[nH]c1-c1ccccc1. The second-order valence-corrected chi connectivity index (χ2v) is 4.73. The van der Waals surface area contributed by atoms with Crippen LogP contribution in [0.5, 0.6) is 17.2 Å². The lowest BCUT2D eigenvalue weighted by Crippen LogP contribution is -1.92. The molecular formula is C16H12N2O3. The molecule has 4 rings (SSSR count). The van der Waals surface area contributed by atoms with Gasteiger partial charge in [-0.05, 0) is 18.2 Å². The highest BCUT2D eigenvalue weighted by Crippen LogP contribution is 2.40. The standard InChI is InChI=1S/C16H12N2O3/c19-16-14(10-4-2-1-3-5-10)17-18-15(16)11-6-7-12-13(8-11)21-9-20-12/h1-8,19H,9H2,(H,17,18). The molecule has 5 nitrogen and oxygen atoms in total. The molecule has 104 valence electrons. The molecule has 0 saturated heterocycles. The van der Waals surface area contributed by atoms with Crippen LogP contribution >= 0.6 is 0 Å². The maximum Gasteiger partial charge on any atom is 0.231 e. The summed E-state index contributed by atoms with van der Waals surface area (Å²) in [6, 6.07) is 15.0. The van der Waals surface area contributed by atoms with E-state index in [-0.39, 0.29) is 12.5 Å². The van der Waals surface area contributed by atoms with E-state index < -0.39 is 0 Å². The van der Waals surface area contributed by atoms with Gasteiger partial charge in [-0.15, -0.1) is 0 Å². The van der Waals surface area contributed by atoms with Crippen LogP contribution in [0.1, 0.15) is 0 Å². The second kappa shape index (κ2) is 4.56. The third-order valence-corrected chi connectivity index (χ3v) is 3.45. The van der Waals surface area contributed by atoms with Gasteiger partial charge in [-0.2, -0.15) is 5.10 Å². The first-order chi connectivity index (χ1) is 10.3. The van der Waals surface area contributed by atoms with E-state index in [0.29, 0.717) is 22.9 Å². The van der Waals surface area contributed by atoms with Crippen molar-refractivity contribution in [2.75, 3.05) is 6.79 Å². The van der Waals surface area contributed by atoms with Gasteiger partial charge in [0, 0.05) is 11.1 Å². The van der Waals surface area contributed by atoms with Crippen LogP contribution in [0.15, 0.2) is 48.5 Å². The Kier molecular flexibility index (Phi) is 2.57. The Morgan fingerprint density at radius 3 is 2.62 bits per heavy atom. The van der Waals surface area contributed by atoms with Crippen LogP contribution in [0.4, 0.5) is 0 Å². The number of H-pyrrole nitrogens is 1. The predicted octanol–water partition coefficient (Wildman–Crippen LogP) is 3.18. The number of nitrogens with zero attached hydrogens (tertiary/aromatic N) is 1. The Morgan fingerprint density at radius 1 is 0.952 bits per heavy atom. The second-order valence-electron chi connectivity index (χ2n) is 4.73. The molecule has 0 bridgehead atoms. The highest BCUT2D eigenvalue weighted by atomic mass is 16.7. The molecular weight excluding hydrogens is 268 g/mol. The highest BCUT2D eigenvalue weighted by molar-refractivity contribution is 5.78. The van der Waals surface area contributed by atoms with Gasteiger partial charge in [-0.3, -0.25) is 5.10 Å². The van der Waals surface area contributed by atoms with Crippen molar-refractivity contribution in [1.29, 1.82) is 0 Å². The Balaban J connectivity index is 1.79. The first-order valence-electron chi connectivity index (χ1n) is 6.56. The Bertz CT molecular complexity index is 797. The van der Waals surface area contributed by atoms with Gasteiger partial charge in [0.1, 0.15) is 11.4 Å². The van der Waals surface area contributed by atoms with Crippen LogP contribution in [-0.2, 0) is 0 Å². The van der Waals surface area contributed by atoms with Gasteiger partial charge in [0.25, 0.3) is 0 Å². The van der Waals surface area contributed by atoms with Crippen molar-refractivity contribution in [3.05, 3.63) is 48.5 Å². The number of hydrogen-bond donors (Lipinski definition) is 2. The summed E-state index contributed by atoms with van der Waals surface area (Å²) in [5.74, 6) is 1.49. The van der Waals surface area contributed by atoms with Crippen LogP contribution in [-0.4, -0.2) is 22.1 Å². The number of benzene rings is 2. The van der Waals surface area contributed by atoms with E-state index in [1.807, 2.05) is 48.5 Å². The van der Waals surface area contributed by atoms with Gasteiger partial charge in [0.2, 0.25) is 6.79 Å². The van der Waals surface area contributed by atoms with Crippen LogP contribution in [0.2, 0.25) is 0 Å². The molecule has 0 amide bonds. The van der Waals surface area contributed by atoms with Gasteiger partial charge in [0.05, 0.1) is 0 Å². The molecule has 2 aromatic carbocycles. The van der Waals surface area contributed by atoms with Crippen molar-refractivity contribution >= 4 is 0 Å². The minimum atomic E-state index is 0.125. The fourth-order valence-electron chi connectivity index (χ4n) is 2.39. The van der Waals surface area contributed by atoms with E-state index in [9.17, 15) is 5.11 Å². The molecule has 0 saturated carbocycles. The Morgan fingerprint density at radius 2 is 1.76 bits per heavy atom. The summed E-state index contributed by atoms with van der Waals surface area (Å²) in [5, 5.41) is 17.5. The average Bonchev–Trinajstić information content (AvgIpc) is 3.13. The number of aromatic hydroxyl groups is 1. The maximum absolute atomic E-state index is 10.4. The number of rotatable bonds is 2. The van der Waals surface area contributed by atoms with Crippen molar-refractivity contribution in [3.8, 4) is 39.8 Å². The summed E-state index contributed by atoms with van der Waals surface area (Å²) in [5.41, 5.74) is 2.75. The summed E-state index contributed by atoms with van der Waals surface area (Å²) in [7, 11) is 0. The van der Waals surface area contributed by atoms with Gasteiger partial charge >= 0.3 is 0 Å². The number of ether oxygens (including phenoxy) is 2. The zero-order chi connectivity index (χ0) is 14.2. The number of nitrogens with one attached hydrogen (secondary N) is 1. The predicted molar refractivity (Wildman–Crippen MR) is 77.2 cm³/mol. The summed E-state index contributed by atoms with van der Waals surface area (Å²) >= 11 is 0. The summed E-state index contributed by atoms with van der Waals surface area (Å²) in [6.45, 7) is 0.223. The molecule has 1 aromatic heterocycles. The lowest BCUT2D eigenvalue weighted by atomic mass is 10.1. The van der Waals surface area contributed by atoms with Crippen molar-refractivity contribution < 1.29 is 14.6 Å². The molecule has 21 heavy (non-hydrogen) atoms. The van der Waals surface area contributed by atoms with Gasteiger partial charge in [-0.1, -0.05) is 30.3 Å². The summed E-state index contributed by atoms with van der Waals surface area (Å²) in [6.07, 6.45) is 0. The molecule has 1 aliphatic rings. The van der Waals surface area contributed by atoms with Crippen LogP contribution < -0.4 is 9.47 Å². The maximum atomic E-state index is 10.4. The highest BCUT2D eigenvalue weighted by Gasteiger charge is 2.19. The van der Waals surface area contributed by atoms with E-state index in [2.05, 4.69) is 10.2 Å². The minimum absolute atomic E-state index is 0.125. The Labute approximate surface area is 120 Å². The smallest absolute Gasteiger partial charge is 0.231 e. The summed E-state index contributed by atoms with van der Waals surface area (Å²) < 4.78 is 10.6. The lowest BCUT2D eigenvalue weighted by Gasteiger charge is -2.01. The quantitative estimate of drug-likeness (QED) is 0.756. The van der Waals surface area contributed by atoms with Crippen LogP contribution in [0.3, 0.4) is 0 Å². The molecule has 0 atom stereocenters. The number of aromatic nitrogens is 2. The monoisotopic (exact) mass is 280 g/mol. The first kappa shape index (κ1) is 11.8. The summed E-state index contributed by atoms with van der Waals surface area (Å²) in [4.78, 5) is 0. The molecule has 2 heterocycles. The lowest BCUT2D eigenvalue weighted by molar-refractivity contribution is 0.174. The fourth-order valence-corrected chi connectivity index (χ4v) is 2.39. The van der Waals surface area contributed by atoms with E-state index >= 15 is 0 Å². The molecule has 0 aliphatic carbocycles. The zero-order valence-corrected chi connectivity index (χ0v) is 11.0. The van der Waals surface area contributed by atoms with Crippen molar-refractivity contribution in [2.24, 2.45) is 0 Å². The van der Waals surface area contributed by atoms with Gasteiger partial charge < -0.3 is 14.6 Å². The van der Waals surface area contributed by atoms with Crippen molar-refractivity contribution in [3.63, 3.8) is 0 Å². The van der Waals surface area contributed by atoms with Crippen LogP contribution in [0, 0.1) is 0 Å². The van der Waals surface area contributed by atoms with E-state index in [1.165, 1.54) is 0 Å².